The Balaban J connectivity index is 1.90. The summed E-state index contributed by atoms with van der Waals surface area (Å²) in [4.78, 5) is 12.0. The molecule has 1 amide bonds. The van der Waals surface area contributed by atoms with Gasteiger partial charge in [0.1, 0.15) is 5.75 Å². The first-order valence-corrected chi connectivity index (χ1v) is 7.23. The molecule has 2 rings (SSSR count). The lowest BCUT2D eigenvalue weighted by atomic mass is 10.2. The number of nitrogens with zero attached hydrogens (tertiary/aromatic N) is 1. The molecule has 112 valence electrons. The Kier molecular flexibility index (Phi) is 5.22. The normalized spacial score (nSPS) is 12.0. The van der Waals surface area contributed by atoms with E-state index in [4.69, 9.17) is 16.3 Å². The van der Waals surface area contributed by atoms with E-state index in [2.05, 4.69) is 22.4 Å². The van der Waals surface area contributed by atoms with E-state index in [-0.39, 0.29) is 5.91 Å². The molecule has 0 aliphatic rings. The molecular formula is C15H18ClN3O2. The summed E-state index contributed by atoms with van der Waals surface area (Å²) in [5.74, 6) is 0.852. The molecule has 1 heterocycles. The van der Waals surface area contributed by atoms with Crippen molar-refractivity contribution in [3.8, 4) is 5.75 Å². The first-order valence-electron chi connectivity index (χ1n) is 6.86. The van der Waals surface area contributed by atoms with Gasteiger partial charge in [-0.15, -0.1) is 0 Å². The third-order valence-electron chi connectivity index (χ3n) is 2.90. The largest absolute Gasteiger partial charge is 0.481 e. The van der Waals surface area contributed by atoms with E-state index < -0.39 is 6.10 Å². The fourth-order valence-electron chi connectivity index (χ4n) is 1.82. The van der Waals surface area contributed by atoms with Crippen LogP contribution in [0.4, 0.5) is 5.82 Å². The summed E-state index contributed by atoms with van der Waals surface area (Å²) in [7, 11) is 0. The number of hydrogen-bond acceptors (Lipinski definition) is 3. The molecule has 2 aromatic rings. The second-order valence-electron chi connectivity index (χ2n) is 4.73. The number of carbonyl (C=O) groups excluding carboxylic acids is 1. The van der Waals surface area contributed by atoms with Gasteiger partial charge < -0.3 is 10.1 Å². The van der Waals surface area contributed by atoms with Gasteiger partial charge in [0.25, 0.3) is 5.91 Å². The van der Waals surface area contributed by atoms with Crippen molar-refractivity contribution in [3.05, 3.63) is 41.0 Å². The second kappa shape index (κ2) is 7.13. The number of H-pyrrole nitrogens is 1. The molecular weight excluding hydrogens is 290 g/mol. The predicted molar refractivity (Wildman–Crippen MR) is 82.8 cm³/mol. The number of amides is 1. The monoisotopic (exact) mass is 307 g/mol. The molecule has 5 nitrogen and oxygen atoms in total. The summed E-state index contributed by atoms with van der Waals surface area (Å²) in [5.41, 5.74) is 0.999. The Labute approximate surface area is 128 Å². The minimum atomic E-state index is -0.627. The number of aromatic nitrogens is 2. The fourth-order valence-corrected chi connectivity index (χ4v) is 1.95. The van der Waals surface area contributed by atoms with Crippen LogP contribution in [0.3, 0.4) is 0 Å². The Morgan fingerprint density at radius 3 is 2.81 bits per heavy atom. The molecule has 0 radical (unpaired) electrons. The number of hydrogen-bond donors (Lipinski definition) is 2. The Morgan fingerprint density at radius 1 is 1.43 bits per heavy atom. The van der Waals surface area contributed by atoms with Crippen LogP contribution in [0.1, 0.15) is 26.0 Å². The summed E-state index contributed by atoms with van der Waals surface area (Å²) in [6, 6.07) is 8.70. The molecule has 0 aliphatic heterocycles. The van der Waals surface area contributed by atoms with E-state index in [9.17, 15) is 4.79 Å². The summed E-state index contributed by atoms with van der Waals surface area (Å²) in [5, 5.41) is 10.3. The van der Waals surface area contributed by atoms with Crippen molar-refractivity contribution >= 4 is 23.3 Å². The van der Waals surface area contributed by atoms with Gasteiger partial charge in [-0.25, -0.2) is 0 Å². The number of carbonyl (C=O) groups is 1. The summed E-state index contributed by atoms with van der Waals surface area (Å²) in [6.45, 7) is 3.77. The second-order valence-corrected chi connectivity index (χ2v) is 5.17. The molecule has 2 N–H and O–H groups in total. The van der Waals surface area contributed by atoms with Gasteiger partial charge in [-0.1, -0.05) is 24.9 Å². The molecule has 0 aliphatic carbocycles. The van der Waals surface area contributed by atoms with E-state index in [1.54, 1.807) is 31.2 Å². The van der Waals surface area contributed by atoms with Crippen LogP contribution in [0, 0.1) is 0 Å². The highest BCUT2D eigenvalue weighted by molar-refractivity contribution is 6.30. The standard InChI is InChI=1S/C15H18ClN3O2/c1-3-4-12-9-14(19-18-12)17-15(20)10(2)21-13-7-5-11(16)6-8-13/h5-10H,3-4H2,1-2H3,(H2,17,18,19,20). The SMILES string of the molecule is CCCc1cc(NC(=O)C(C)Oc2ccc(Cl)cc2)n[nH]1. The molecule has 1 unspecified atom stereocenters. The zero-order valence-corrected chi connectivity index (χ0v) is 12.8. The van der Waals surface area contributed by atoms with Crippen molar-refractivity contribution in [3.63, 3.8) is 0 Å². The molecule has 0 saturated carbocycles. The molecule has 0 spiro atoms. The summed E-state index contributed by atoms with van der Waals surface area (Å²) < 4.78 is 5.55. The Bertz CT molecular complexity index is 595. The smallest absolute Gasteiger partial charge is 0.266 e. The minimum absolute atomic E-state index is 0.250. The topological polar surface area (TPSA) is 67.0 Å². The third-order valence-corrected chi connectivity index (χ3v) is 3.15. The fraction of sp³-hybridized carbons (Fsp3) is 0.333. The van der Waals surface area contributed by atoms with Crippen LogP contribution in [0.25, 0.3) is 0 Å². The first-order chi connectivity index (χ1) is 10.1. The maximum absolute atomic E-state index is 12.0. The van der Waals surface area contributed by atoms with E-state index in [1.165, 1.54) is 0 Å². The van der Waals surface area contributed by atoms with Crippen LogP contribution < -0.4 is 10.1 Å². The number of aromatic amines is 1. The average Bonchev–Trinajstić information content (AvgIpc) is 2.89. The quantitative estimate of drug-likeness (QED) is 0.859. The highest BCUT2D eigenvalue weighted by Gasteiger charge is 2.16. The van der Waals surface area contributed by atoms with Crippen molar-refractivity contribution in [2.45, 2.75) is 32.8 Å². The van der Waals surface area contributed by atoms with Gasteiger partial charge in [0.2, 0.25) is 0 Å². The average molecular weight is 308 g/mol. The van der Waals surface area contributed by atoms with Crippen LogP contribution in [-0.4, -0.2) is 22.2 Å². The molecule has 0 bridgehead atoms. The van der Waals surface area contributed by atoms with E-state index in [1.807, 2.05) is 6.07 Å². The number of ether oxygens (including phenoxy) is 1. The Hall–Kier alpha value is -2.01. The molecule has 0 saturated heterocycles. The van der Waals surface area contributed by atoms with Crippen molar-refractivity contribution in [1.29, 1.82) is 0 Å². The predicted octanol–water partition coefficient (Wildman–Crippen LogP) is 3.42. The molecule has 0 fully saturated rings. The van der Waals surface area contributed by atoms with Gasteiger partial charge >= 0.3 is 0 Å². The van der Waals surface area contributed by atoms with Gasteiger partial charge in [-0.2, -0.15) is 5.10 Å². The summed E-state index contributed by atoms with van der Waals surface area (Å²) in [6.07, 6.45) is 1.29. The number of nitrogens with one attached hydrogen (secondary N) is 2. The highest BCUT2D eigenvalue weighted by Crippen LogP contribution is 2.17. The number of aryl methyl sites for hydroxylation is 1. The molecule has 1 aromatic carbocycles. The Morgan fingerprint density at radius 2 is 2.14 bits per heavy atom. The van der Waals surface area contributed by atoms with Gasteiger partial charge in [0.15, 0.2) is 11.9 Å². The number of rotatable bonds is 6. The van der Waals surface area contributed by atoms with Crippen LogP contribution in [0.15, 0.2) is 30.3 Å². The van der Waals surface area contributed by atoms with Gasteiger partial charge in [-0.3, -0.25) is 9.89 Å². The molecule has 21 heavy (non-hydrogen) atoms. The van der Waals surface area contributed by atoms with Crippen molar-refractivity contribution < 1.29 is 9.53 Å². The van der Waals surface area contributed by atoms with Crippen LogP contribution in [-0.2, 0) is 11.2 Å². The van der Waals surface area contributed by atoms with Gasteiger partial charge in [0, 0.05) is 16.8 Å². The van der Waals surface area contributed by atoms with E-state index >= 15 is 0 Å². The number of halogens is 1. The summed E-state index contributed by atoms with van der Waals surface area (Å²) >= 11 is 5.80. The molecule has 1 atom stereocenters. The van der Waals surface area contributed by atoms with Gasteiger partial charge in [0.05, 0.1) is 0 Å². The third kappa shape index (κ3) is 4.49. The maximum atomic E-state index is 12.0. The van der Waals surface area contributed by atoms with Crippen LogP contribution >= 0.6 is 11.6 Å². The van der Waals surface area contributed by atoms with Crippen molar-refractivity contribution in [2.75, 3.05) is 5.32 Å². The zero-order valence-electron chi connectivity index (χ0n) is 12.0. The van der Waals surface area contributed by atoms with E-state index in [0.29, 0.717) is 16.6 Å². The van der Waals surface area contributed by atoms with Crippen molar-refractivity contribution in [2.24, 2.45) is 0 Å². The zero-order chi connectivity index (χ0) is 15.2. The molecule has 6 heteroatoms. The molecule has 1 aromatic heterocycles. The maximum Gasteiger partial charge on any atom is 0.266 e. The lowest BCUT2D eigenvalue weighted by Crippen LogP contribution is -2.30. The number of benzene rings is 1. The minimum Gasteiger partial charge on any atom is -0.481 e. The van der Waals surface area contributed by atoms with Crippen LogP contribution in [0.2, 0.25) is 5.02 Å². The highest BCUT2D eigenvalue weighted by atomic mass is 35.5. The van der Waals surface area contributed by atoms with Gasteiger partial charge in [-0.05, 0) is 37.6 Å². The van der Waals surface area contributed by atoms with Crippen LogP contribution in [0.5, 0.6) is 5.75 Å². The number of anilines is 1. The lowest BCUT2D eigenvalue weighted by molar-refractivity contribution is -0.122. The first kappa shape index (κ1) is 15.4. The lowest BCUT2D eigenvalue weighted by Gasteiger charge is -2.13. The van der Waals surface area contributed by atoms with Crippen molar-refractivity contribution in [1.82, 2.24) is 10.2 Å². The van der Waals surface area contributed by atoms with E-state index in [0.717, 1.165) is 18.5 Å².